The second kappa shape index (κ2) is 5.72. The summed E-state index contributed by atoms with van der Waals surface area (Å²) in [6, 6.07) is 0. The van der Waals surface area contributed by atoms with E-state index in [-0.39, 0.29) is 0 Å². The van der Waals surface area contributed by atoms with E-state index in [4.69, 9.17) is 0 Å². The zero-order chi connectivity index (χ0) is 7.98. The molecular weight excluding hydrogens is 122 g/mol. The lowest BCUT2D eigenvalue weighted by atomic mass is 9.90. The summed E-state index contributed by atoms with van der Waals surface area (Å²) in [7, 11) is 2.03. The first-order valence-electron chi connectivity index (χ1n) is 4.40. The van der Waals surface area contributed by atoms with Gasteiger partial charge in [-0.05, 0) is 25.4 Å². The molecule has 0 heterocycles. The third kappa shape index (κ3) is 3.21. The van der Waals surface area contributed by atoms with Crippen molar-refractivity contribution < 1.29 is 0 Å². The predicted molar refractivity (Wildman–Crippen MR) is 47.2 cm³/mol. The van der Waals surface area contributed by atoms with Gasteiger partial charge in [0, 0.05) is 0 Å². The summed E-state index contributed by atoms with van der Waals surface area (Å²) in [5.41, 5.74) is 0. The Morgan fingerprint density at radius 2 is 1.80 bits per heavy atom. The van der Waals surface area contributed by atoms with Crippen molar-refractivity contribution in [1.82, 2.24) is 5.32 Å². The first-order chi connectivity index (χ1) is 4.76. The standard InChI is InChI=1S/C9H21N/c1-5-8(3)9(6-2)7-10-4/h8-10H,5-7H2,1-4H3/t8-,9?/m0/s1. The minimum atomic E-state index is 0.870. The van der Waals surface area contributed by atoms with Crippen molar-refractivity contribution in [2.24, 2.45) is 11.8 Å². The smallest absolute Gasteiger partial charge is 0.00211 e. The molecule has 0 aliphatic rings. The Kier molecular flexibility index (Phi) is 5.70. The van der Waals surface area contributed by atoms with Crippen molar-refractivity contribution in [3.05, 3.63) is 0 Å². The Bertz CT molecular complexity index is 71.1. The molecule has 0 aromatic carbocycles. The van der Waals surface area contributed by atoms with Crippen LogP contribution in [0, 0.1) is 11.8 Å². The normalized spacial score (nSPS) is 16.8. The zero-order valence-corrected chi connectivity index (χ0v) is 7.78. The monoisotopic (exact) mass is 143 g/mol. The minimum absolute atomic E-state index is 0.870. The van der Waals surface area contributed by atoms with Crippen LogP contribution in [0.25, 0.3) is 0 Å². The number of rotatable bonds is 5. The summed E-state index contributed by atoms with van der Waals surface area (Å²) < 4.78 is 0. The number of nitrogens with one attached hydrogen (secondary N) is 1. The van der Waals surface area contributed by atoms with Gasteiger partial charge in [0.1, 0.15) is 0 Å². The summed E-state index contributed by atoms with van der Waals surface area (Å²) in [5.74, 6) is 1.74. The average molecular weight is 143 g/mol. The van der Waals surface area contributed by atoms with E-state index in [9.17, 15) is 0 Å². The summed E-state index contributed by atoms with van der Waals surface area (Å²) in [6.45, 7) is 8.05. The highest BCUT2D eigenvalue weighted by Gasteiger charge is 2.11. The lowest BCUT2D eigenvalue weighted by Gasteiger charge is -2.20. The molecule has 1 unspecified atom stereocenters. The van der Waals surface area contributed by atoms with Gasteiger partial charge < -0.3 is 5.32 Å². The Morgan fingerprint density at radius 1 is 1.20 bits per heavy atom. The molecule has 0 spiro atoms. The van der Waals surface area contributed by atoms with Crippen molar-refractivity contribution >= 4 is 0 Å². The Hall–Kier alpha value is -0.0400. The highest BCUT2D eigenvalue weighted by Crippen LogP contribution is 2.17. The first-order valence-corrected chi connectivity index (χ1v) is 4.40. The zero-order valence-electron chi connectivity index (χ0n) is 7.78. The minimum Gasteiger partial charge on any atom is -0.319 e. The van der Waals surface area contributed by atoms with Crippen LogP contribution < -0.4 is 5.32 Å². The highest BCUT2D eigenvalue weighted by atomic mass is 14.8. The van der Waals surface area contributed by atoms with Crippen molar-refractivity contribution in [1.29, 1.82) is 0 Å². The second-order valence-electron chi connectivity index (χ2n) is 3.11. The van der Waals surface area contributed by atoms with Gasteiger partial charge in [0.15, 0.2) is 0 Å². The van der Waals surface area contributed by atoms with Gasteiger partial charge in [0.25, 0.3) is 0 Å². The van der Waals surface area contributed by atoms with Crippen LogP contribution in [0.15, 0.2) is 0 Å². The molecule has 0 saturated heterocycles. The van der Waals surface area contributed by atoms with Crippen LogP contribution in [0.3, 0.4) is 0 Å². The lowest BCUT2D eigenvalue weighted by molar-refractivity contribution is 0.330. The predicted octanol–water partition coefficient (Wildman–Crippen LogP) is 2.28. The molecular formula is C9H21N. The van der Waals surface area contributed by atoms with Crippen molar-refractivity contribution in [3.8, 4) is 0 Å². The molecule has 1 heteroatoms. The van der Waals surface area contributed by atoms with Crippen LogP contribution in [0.4, 0.5) is 0 Å². The third-order valence-electron chi connectivity index (χ3n) is 2.44. The second-order valence-corrected chi connectivity index (χ2v) is 3.11. The van der Waals surface area contributed by atoms with E-state index in [1.54, 1.807) is 0 Å². The van der Waals surface area contributed by atoms with Crippen molar-refractivity contribution in [2.45, 2.75) is 33.6 Å². The van der Waals surface area contributed by atoms with E-state index in [0.717, 1.165) is 11.8 Å². The van der Waals surface area contributed by atoms with Gasteiger partial charge in [0.2, 0.25) is 0 Å². The van der Waals surface area contributed by atoms with Crippen LogP contribution in [0.2, 0.25) is 0 Å². The van der Waals surface area contributed by atoms with Gasteiger partial charge in [-0.15, -0.1) is 0 Å². The molecule has 0 rings (SSSR count). The fourth-order valence-electron chi connectivity index (χ4n) is 1.34. The molecule has 0 aliphatic heterocycles. The summed E-state index contributed by atoms with van der Waals surface area (Å²) in [5, 5.41) is 3.23. The fraction of sp³-hybridized carbons (Fsp3) is 1.00. The molecule has 2 atom stereocenters. The lowest BCUT2D eigenvalue weighted by Crippen LogP contribution is -2.23. The van der Waals surface area contributed by atoms with Gasteiger partial charge >= 0.3 is 0 Å². The van der Waals surface area contributed by atoms with Crippen molar-refractivity contribution in [2.75, 3.05) is 13.6 Å². The molecule has 1 nitrogen and oxygen atoms in total. The molecule has 0 bridgehead atoms. The largest absolute Gasteiger partial charge is 0.319 e. The number of hydrogen-bond donors (Lipinski definition) is 1. The van der Waals surface area contributed by atoms with E-state index in [2.05, 4.69) is 26.1 Å². The highest BCUT2D eigenvalue weighted by molar-refractivity contribution is 4.64. The maximum absolute atomic E-state index is 3.23. The van der Waals surface area contributed by atoms with Gasteiger partial charge in [0.05, 0.1) is 0 Å². The Balaban J connectivity index is 3.56. The Labute approximate surface area is 65.2 Å². The van der Waals surface area contributed by atoms with Crippen LogP contribution in [-0.4, -0.2) is 13.6 Å². The quantitative estimate of drug-likeness (QED) is 0.622. The summed E-state index contributed by atoms with van der Waals surface area (Å²) in [4.78, 5) is 0. The average Bonchev–Trinajstić information content (AvgIpc) is 1.99. The fourth-order valence-corrected chi connectivity index (χ4v) is 1.34. The molecule has 0 radical (unpaired) electrons. The van der Waals surface area contributed by atoms with Crippen molar-refractivity contribution in [3.63, 3.8) is 0 Å². The molecule has 0 fully saturated rings. The van der Waals surface area contributed by atoms with E-state index in [1.165, 1.54) is 19.4 Å². The molecule has 0 aliphatic carbocycles. The molecule has 0 aromatic rings. The van der Waals surface area contributed by atoms with Gasteiger partial charge in [-0.1, -0.05) is 33.6 Å². The van der Waals surface area contributed by atoms with E-state index < -0.39 is 0 Å². The van der Waals surface area contributed by atoms with Crippen LogP contribution in [-0.2, 0) is 0 Å². The molecule has 10 heavy (non-hydrogen) atoms. The maximum Gasteiger partial charge on any atom is -0.00211 e. The molecule has 0 saturated carbocycles. The van der Waals surface area contributed by atoms with E-state index in [0.29, 0.717) is 0 Å². The summed E-state index contributed by atoms with van der Waals surface area (Å²) >= 11 is 0. The van der Waals surface area contributed by atoms with Crippen LogP contribution in [0.5, 0.6) is 0 Å². The van der Waals surface area contributed by atoms with Crippen LogP contribution in [0.1, 0.15) is 33.6 Å². The number of hydrogen-bond acceptors (Lipinski definition) is 1. The van der Waals surface area contributed by atoms with Gasteiger partial charge in [-0.3, -0.25) is 0 Å². The first kappa shape index (κ1) is 9.96. The Morgan fingerprint density at radius 3 is 2.10 bits per heavy atom. The molecule has 1 N–H and O–H groups in total. The summed E-state index contributed by atoms with van der Waals surface area (Å²) in [6.07, 6.45) is 2.61. The third-order valence-corrected chi connectivity index (χ3v) is 2.44. The van der Waals surface area contributed by atoms with Gasteiger partial charge in [-0.25, -0.2) is 0 Å². The van der Waals surface area contributed by atoms with E-state index >= 15 is 0 Å². The SMILES string of the molecule is CCC(CNC)[C@@H](C)CC. The van der Waals surface area contributed by atoms with E-state index in [1.807, 2.05) is 7.05 Å². The molecule has 0 aromatic heterocycles. The maximum atomic E-state index is 3.23. The van der Waals surface area contributed by atoms with Crippen LogP contribution >= 0.6 is 0 Å². The molecule has 0 amide bonds. The van der Waals surface area contributed by atoms with Gasteiger partial charge in [-0.2, -0.15) is 0 Å². The molecule has 62 valence electrons. The topological polar surface area (TPSA) is 12.0 Å².